The molecule has 0 atom stereocenters. The molecule has 1 aliphatic rings. The number of ether oxygens (including phenoxy) is 1. The van der Waals surface area contributed by atoms with Gasteiger partial charge >= 0.3 is 0 Å². The molecule has 5 nitrogen and oxygen atoms in total. The number of hydrogen-bond donors (Lipinski definition) is 1. The van der Waals surface area contributed by atoms with Gasteiger partial charge in [-0.3, -0.25) is 0 Å². The third-order valence-electron chi connectivity index (χ3n) is 4.36. The Morgan fingerprint density at radius 2 is 1.95 bits per heavy atom. The Morgan fingerprint density at radius 3 is 2.62 bits per heavy atom. The molecule has 0 unspecified atom stereocenters. The Balaban J connectivity index is 1.82. The molecule has 0 amide bonds. The second-order valence-electron chi connectivity index (χ2n) is 5.57. The molecular formula is C16H21N3O2. The summed E-state index contributed by atoms with van der Waals surface area (Å²) in [5.74, 6) is 1.30. The maximum atomic E-state index is 5.76. The maximum Gasteiger partial charge on any atom is 0.231 e. The first kappa shape index (κ1) is 14.2. The van der Waals surface area contributed by atoms with E-state index in [1.165, 1.54) is 0 Å². The summed E-state index contributed by atoms with van der Waals surface area (Å²) in [6.45, 7) is 0.513. The van der Waals surface area contributed by atoms with E-state index in [1.54, 1.807) is 7.11 Å². The van der Waals surface area contributed by atoms with Crippen LogP contribution < -0.4 is 5.73 Å². The first-order chi connectivity index (χ1) is 10.3. The first-order valence-corrected chi connectivity index (χ1v) is 7.42. The van der Waals surface area contributed by atoms with Crippen molar-refractivity contribution in [2.45, 2.75) is 44.2 Å². The number of methoxy groups -OCH3 is 1. The Bertz CT molecular complexity index is 603. The SMILES string of the molecule is COC1(c2noc(Cc3ccccc3CN)n2)CCCC1. The van der Waals surface area contributed by atoms with Crippen LogP contribution in [0.4, 0.5) is 0 Å². The molecule has 0 bridgehead atoms. The molecule has 0 aliphatic heterocycles. The lowest BCUT2D eigenvalue weighted by Gasteiger charge is -2.22. The van der Waals surface area contributed by atoms with Crippen LogP contribution in [0.2, 0.25) is 0 Å². The highest BCUT2D eigenvalue weighted by Gasteiger charge is 2.40. The molecule has 1 fully saturated rings. The predicted octanol–water partition coefficient (Wildman–Crippen LogP) is 2.53. The molecule has 112 valence electrons. The molecule has 0 saturated heterocycles. The Labute approximate surface area is 124 Å². The summed E-state index contributed by atoms with van der Waals surface area (Å²) < 4.78 is 11.1. The summed E-state index contributed by atoms with van der Waals surface area (Å²) in [6, 6.07) is 8.07. The zero-order valence-corrected chi connectivity index (χ0v) is 12.3. The monoisotopic (exact) mass is 287 g/mol. The fraction of sp³-hybridized carbons (Fsp3) is 0.500. The number of hydrogen-bond acceptors (Lipinski definition) is 5. The van der Waals surface area contributed by atoms with Crippen molar-refractivity contribution in [3.63, 3.8) is 0 Å². The van der Waals surface area contributed by atoms with Crippen molar-refractivity contribution >= 4 is 0 Å². The molecule has 21 heavy (non-hydrogen) atoms. The zero-order chi connectivity index (χ0) is 14.7. The highest BCUT2D eigenvalue weighted by Crippen LogP contribution is 2.40. The van der Waals surface area contributed by atoms with Gasteiger partial charge in [0.2, 0.25) is 11.7 Å². The minimum atomic E-state index is -0.352. The largest absolute Gasteiger partial charge is 0.370 e. The normalized spacial score (nSPS) is 17.2. The van der Waals surface area contributed by atoms with Crippen LogP contribution in [-0.4, -0.2) is 17.3 Å². The highest BCUT2D eigenvalue weighted by molar-refractivity contribution is 5.29. The lowest BCUT2D eigenvalue weighted by Crippen LogP contribution is -2.26. The Hall–Kier alpha value is -1.72. The molecule has 2 aromatic rings. The molecule has 0 radical (unpaired) electrons. The quantitative estimate of drug-likeness (QED) is 0.914. The van der Waals surface area contributed by atoms with Crippen LogP contribution in [-0.2, 0) is 23.3 Å². The maximum absolute atomic E-state index is 5.76. The standard InChI is InChI=1S/C16H21N3O2/c1-20-16(8-4-5-9-16)15-18-14(21-19-15)10-12-6-2-3-7-13(12)11-17/h2-3,6-7H,4-5,8-11,17H2,1H3. The minimum Gasteiger partial charge on any atom is -0.370 e. The Morgan fingerprint density at radius 1 is 1.24 bits per heavy atom. The first-order valence-electron chi connectivity index (χ1n) is 7.42. The van der Waals surface area contributed by atoms with E-state index >= 15 is 0 Å². The number of nitrogens with zero attached hydrogens (tertiary/aromatic N) is 2. The van der Waals surface area contributed by atoms with Gasteiger partial charge < -0.3 is 15.0 Å². The summed E-state index contributed by atoms with van der Waals surface area (Å²) >= 11 is 0. The number of nitrogens with two attached hydrogens (primary N) is 1. The van der Waals surface area contributed by atoms with Gasteiger partial charge in [-0.15, -0.1) is 0 Å². The van der Waals surface area contributed by atoms with Crippen LogP contribution in [0.5, 0.6) is 0 Å². The van der Waals surface area contributed by atoms with E-state index in [0.29, 0.717) is 24.7 Å². The van der Waals surface area contributed by atoms with Crippen LogP contribution in [0.25, 0.3) is 0 Å². The van der Waals surface area contributed by atoms with Gasteiger partial charge in [-0.2, -0.15) is 4.98 Å². The van der Waals surface area contributed by atoms with Gasteiger partial charge in [0.1, 0.15) is 5.60 Å². The number of aromatic nitrogens is 2. The van der Waals surface area contributed by atoms with Gasteiger partial charge in [0.05, 0.1) is 6.42 Å². The van der Waals surface area contributed by atoms with Crippen LogP contribution in [0, 0.1) is 0 Å². The van der Waals surface area contributed by atoms with Crippen molar-refractivity contribution in [2.24, 2.45) is 5.73 Å². The molecule has 1 heterocycles. The van der Waals surface area contributed by atoms with Gasteiger partial charge in [-0.1, -0.05) is 29.4 Å². The van der Waals surface area contributed by atoms with Crippen molar-refractivity contribution < 1.29 is 9.26 Å². The third kappa shape index (κ3) is 2.71. The smallest absolute Gasteiger partial charge is 0.231 e. The summed E-state index contributed by atoms with van der Waals surface area (Å²) in [4.78, 5) is 4.56. The molecular weight excluding hydrogens is 266 g/mol. The van der Waals surface area contributed by atoms with Crippen LogP contribution in [0.1, 0.15) is 48.5 Å². The summed E-state index contributed by atoms with van der Waals surface area (Å²) in [7, 11) is 1.73. The lowest BCUT2D eigenvalue weighted by atomic mass is 10.0. The van der Waals surface area contributed by atoms with Crippen molar-refractivity contribution in [1.82, 2.24) is 10.1 Å². The topological polar surface area (TPSA) is 74.2 Å². The molecule has 5 heteroatoms. The van der Waals surface area contributed by atoms with E-state index in [-0.39, 0.29) is 5.60 Å². The van der Waals surface area contributed by atoms with Gasteiger partial charge in [0.25, 0.3) is 0 Å². The Kier molecular flexibility index (Phi) is 4.03. The second-order valence-corrected chi connectivity index (χ2v) is 5.57. The van der Waals surface area contributed by atoms with Crippen molar-refractivity contribution in [3.8, 4) is 0 Å². The van der Waals surface area contributed by atoms with Gasteiger partial charge in [-0.25, -0.2) is 0 Å². The van der Waals surface area contributed by atoms with Crippen LogP contribution in [0.3, 0.4) is 0 Å². The average Bonchev–Trinajstić information content (AvgIpc) is 3.17. The molecule has 3 rings (SSSR count). The van der Waals surface area contributed by atoms with E-state index in [4.69, 9.17) is 15.0 Å². The summed E-state index contributed by atoms with van der Waals surface area (Å²) in [5.41, 5.74) is 7.66. The lowest BCUT2D eigenvalue weighted by molar-refractivity contribution is -0.0178. The van der Waals surface area contributed by atoms with Crippen molar-refractivity contribution in [1.29, 1.82) is 0 Å². The zero-order valence-electron chi connectivity index (χ0n) is 12.3. The molecule has 0 spiro atoms. The van der Waals surface area contributed by atoms with Gasteiger partial charge in [0.15, 0.2) is 0 Å². The number of benzene rings is 1. The van der Waals surface area contributed by atoms with Gasteiger partial charge in [-0.05, 0) is 36.8 Å². The van der Waals surface area contributed by atoms with E-state index in [1.807, 2.05) is 24.3 Å². The number of rotatable bonds is 5. The molecule has 1 aliphatic carbocycles. The van der Waals surface area contributed by atoms with E-state index in [9.17, 15) is 0 Å². The molecule has 1 saturated carbocycles. The summed E-state index contributed by atoms with van der Waals surface area (Å²) in [6.07, 6.45) is 4.82. The van der Waals surface area contributed by atoms with Crippen molar-refractivity contribution in [3.05, 3.63) is 47.1 Å². The highest BCUT2D eigenvalue weighted by atomic mass is 16.5. The molecule has 1 aromatic heterocycles. The third-order valence-corrected chi connectivity index (χ3v) is 4.36. The van der Waals surface area contributed by atoms with E-state index in [2.05, 4.69) is 10.1 Å². The molecule has 2 N–H and O–H groups in total. The fourth-order valence-corrected chi connectivity index (χ4v) is 3.07. The fourth-order valence-electron chi connectivity index (χ4n) is 3.07. The van der Waals surface area contributed by atoms with E-state index in [0.717, 1.165) is 36.8 Å². The van der Waals surface area contributed by atoms with Crippen LogP contribution in [0.15, 0.2) is 28.8 Å². The van der Waals surface area contributed by atoms with Crippen molar-refractivity contribution in [2.75, 3.05) is 7.11 Å². The van der Waals surface area contributed by atoms with Gasteiger partial charge in [0, 0.05) is 13.7 Å². The molecule has 1 aromatic carbocycles. The average molecular weight is 287 g/mol. The summed E-state index contributed by atoms with van der Waals surface area (Å²) in [5, 5.41) is 4.15. The minimum absolute atomic E-state index is 0.352. The predicted molar refractivity (Wildman–Crippen MR) is 78.6 cm³/mol. The van der Waals surface area contributed by atoms with E-state index < -0.39 is 0 Å². The van der Waals surface area contributed by atoms with Crippen LogP contribution >= 0.6 is 0 Å². The second kappa shape index (κ2) is 5.95.